The zero-order valence-electron chi connectivity index (χ0n) is 11.2. The molecule has 1 unspecified atom stereocenters. The molecule has 21 heavy (non-hydrogen) atoms. The second-order valence-electron chi connectivity index (χ2n) is 4.62. The first kappa shape index (κ1) is 15.8. The lowest BCUT2D eigenvalue weighted by Crippen LogP contribution is -2.21. The zero-order valence-corrected chi connectivity index (χ0v) is 12.7. The summed E-state index contributed by atoms with van der Waals surface area (Å²) in [5, 5.41) is 23.0. The Balaban J connectivity index is 1.89. The average molecular weight is 321 g/mol. The molecule has 0 heterocycles. The van der Waals surface area contributed by atoms with Crippen LogP contribution in [-0.2, 0) is 6.54 Å². The van der Waals surface area contributed by atoms with Crippen LogP contribution in [0.1, 0.15) is 22.8 Å². The molecule has 0 aliphatic carbocycles. The Kier molecular flexibility index (Phi) is 5.60. The van der Waals surface area contributed by atoms with Gasteiger partial charge in [-0.25, -0.2) is 0 Å². The van der Waals surface area contributed by atoms with Gasteiger partial charge in [-0.05, 0) is 29.8 Å². The van der Waals surface area contributed by atoms with E-state index in [1.165, 1.54) is 0 Å². The molecule has 2 rings (SSSR count). The SMILES string of the molecule is N#Cc1ccc(CNCC(O)c2ccc(Cl)cc2Cl)cc1. The highest BCUT2D eigenvalue weighted by Gasteiger charge is 2.11. The first-order chi connectivity index (χ1) is 10.1. The molecule has 0 aliphatic rings. The molecule has 0 amide bonds. The second-order valence-corrected chi connectivity index (χ2v) is 5.46. The molecule has 0 saturated carbocycles. The Bertz CT molecular complexity index is 650. The fourth-order valence-electron chi connectivity index (χ4n) is 1.93. The van der Waals surface area contributed by atoms with Crippen molar-refractivity contribution in [2.24, 2.45) is 0 Å². The summed E-state index contributed by atoms with van der Waals surface area (Å²) >= 11 is 11.9. The van der Waals surface area contributed by atoms with E-state index in [0.29, 0.717) is 34.3 Å². The number of nitriles is 1. The summed E-state index contributed by atoms with van der Waals surface area (Å²) in [6.45, 7) is 0.981. The van der Waals surface area contributed by atoms with Crippen LogP contribution in [0, 0.1) is 11.3 Å². The van der Waals surface area contributed by atoms with E-state index in [2.05, 4.69) is 11.4 Å². The summed E-state index contributed by atoms with van der Waals surface area (Å²) in [6, 6.07) is 14.4. The number of nitrogens with one attached hydrogen (secondary N) is 1. The lowest BCUT2D eigenvalue weighted by atomic mass is 10.1. The molecule has 3 nitrogen and oxygen atoms in total. The lowest BCUT2D eigenvalue weighted by Gasteiger charge is -2.14. The van der Waals surface area contributed by atoms with Crippen molar-refractivity contribution >= 4 is 23.2 Å². The highest BCUT2D eigenvalue weighted by molar-refractivity contribution is 6.35. The van der Waals surface area contributed by atoms with Crippen molar-refractivity contribution in [1.82, 2.24) is 5.32 Å². The van der Waals surface area contributed by atoms with Crippen LogP contribution in [-0.4, -0.2) is 11.7 Å². The third-order valence-corrected chi connectivity index (χ3v) is 3.63. The van der Waals surface area contributed by atoms with Crippen molar-refractivity contribution in [3.05, 3.63) is 69.2 Å². The maximum absolute atomic E-state index is 10.1. The largest absolute Gasteiger partial charge is 0.387 e. The van der Waals surface area contributed by atoms with Crippen LogP contribution < -0.4 is 5.32 Å². The van der Waals surface area contributed by atoms with E-state index in [1.807, 2.05) is 12.1 Å². The minimum Gasteiger partial charge on any atom is -0.387 e. The number of hydrogen-bond donors (Lipinski definition) is 2. The molecule has 0 spiro atoms. The summed E-state index contributed by atoms with van der Waals surface area (Å²) in [5.74, 6) is 0. The van der Waals surface area contributed by atoms with Crippen LogP contribution in [0.5, 0.6) is 0 Å². The molecule has 0 radical (unpaired) electrons. The van der Waals surface area contributed by atoms with Crippen LogP contribution in [0.2, 0.25) is 10.0 Å². The smallest absolute Gasteiger partial charge is 0.0991 e. The summed E-state index contributed by atoms with van der Waals surface area (Å²) in [7, 11) is 0. The third-order valence-electron chi connectivity index (χ3n) is 3.07. The van der Waals surface area contributed by atoms with E-state index >= 15 is 0 Å². The van der Waals surface area contributed by atoms with Gasteiger partial charge in [-0.1, -0.05) is 41.4 Å². The molecule has 1 atom stereocenters. The lowest BCUT2D eigenvalue weighted by molar-refractivity contribution is 0.174. The third kappa shape index (κ3) is 4.45. The van der Waals surface area contributed by atoms with Crippen molar-refractivity contribution in [3.8, 4) is 6.07 Å². The molecule has 5 heteroatoms. The molecule has 0 saturated heterocycles. The molecule has 0 aromatic heterocycles. The maximum atomic E-state index is 10.1. The summed E-state index contributed by atoms with van der Waals surface area (Å²) < 4.78 is 0. The molecule has 2 aromatic rings. The van der Waals surface area contributed by atoms with Gasteiger partial charge in [0, 0.05) is 28.7 Å². The van der Waals surface area contributed by atoms with E-state index in [9.17, 15) is 5.11 Å². The van der Waals surface area contributed by atoms with Crippen molar-refractivity contribution in [1.29, 1.82) is 5.26 Å². The standard InChI is InChI=1S/C16H14Cl2N2O/c17-13-5-6-14(15(18)7-13)16(21)10-20-9-12-3-1-11(8-19)2-4-12/h1-7,16,20-21H,9-10H2. The topological polar surface area (TPSA) is 56.0 Å². The Morgan fingerprint density at radius 1 is 1.14 bits per heavy atom. The van der Waals surface area contributed by atoms with Gasteiger partial charge in [-0.2, -0.15) is 5.26 Å². The molecular formula is C16H14Cl2N2O. The predicted octanol–water partition coefficient (Wildman–Crippen LogP) is 3.69. The summed E-state index contributed by atoms with van der Waals surface area (Å²) in [6.07, 6.45) is -0.701. The minimum absolute atomic E-state index is 0.376. The van der Waals surface area contributed by atoms with Gasteiger partial charge in [0.15, 0.2) is 0 Å². The molecule has 0 aliphatic heterocycles. The van der Waals surface area contributed by atoms with Crippen LogP contribution in [0.3, 0.4) is 0 Å². The van der Waals surface area contributed by atoms with Crippen molar-refractivity contribution in [2.45, 2.75) is 12.6 Å². The number of aliphatic hydroxyl groups is 1. The predicted molar refractivity (Wildman–Crippen MR) is 84.3 cm³/mol. The van der Waals surface area contributed by atoms with Gasteiger partial charge >= 0.3 is 0 Å². The number of rotatable bonds is 5. The summed E-state index contributed by atoms with van der Waals surface area (Å²) in [4.78, 5) is 0. The van der Waals surface area contributed by atoms with E-state index in [-0.39, 0.29) is 0 Å². The van der Waals surface area contributed by atoms with Gasteiger partial charge in [0.1, 0.15) is 0 Å². The highest BCUT2D eigenvalue weighted by Crippen LogP contribution is 2.25. The first-order valence-corrected chi connectivity index (χ1v) is 7.18. The van der Waals surface area contributed by atoms with Gasteiger partial charge in [0.2, 0.25) is 0 Å². The van der Waals surface area contributed by atoms with Gasteiger partial charge in [-0.3, -0.25) is 0 Å². The van der Waals surface area contributed by atoms with E-state index in [4.69, 9.17) is 28.5 Å². The Hall–Kier alpha value is -1.57. The Morgan fingerprint density at radius 3 is 2.48 bits per heavy atom. The molecule has 108 valence electrons. The molecule has 2 N–H and O–H groups in total. The van der Waals surface area contributed by atoms with Gasteiger partial charge in [-0.15, -0.1) is 0 Å². The second kappa shape index (κ2) is 7.44. The van der Waals surface area contributed by atoms with E-state index in [0.717, 1.165) is 5.56 Å². The minimum atomic E-state index is -0.701. The van der Waals surface area contributed by atoms with E-state index in [1.54, 1.807) is 30.3 Å². The fraction of sp³-hybridized carbons (Fsp3) is 0.188. The van der Waals surface area contributed by atoms with Crippen LogP contribution in [0.25, 0.3) is 0 Å². The number of hydrogen-bond acceptors (Lipinski definition) is 3. The molecular weight excluding hydrogens is 307 g/mol. The first-order valence-electron chi connectivity index (χ1n) is 6.43. The fourth-order valence-corrected chi connectivity index (χ4v) is 2.47. The molecule has 0 fully saturated rings. The number of nitrogens with zero attached hydrogens (tertiary/aromatic N) is 1. The quantitative estimate of drug-likeness (QED) is 0.883. The van der Waals surface area contributed by atoms with Gasteiger partial charge < -0.3 is 10.4 Å². The number of halogens is 2. The zero-order chi connectivity index (χ0) is 15.2. The Morgan fingerprint density at radius 2 is 1.86 bits per heavy atom. The number of aliphatic hydroxyl groups excluding tert-OH is 1. The average Bonchev–Trinajstić information content (AvgIpc) is 2.47. The van der Waals surface area contributed by atoms with Gasteiger partial charge in [0.25, 0.3) is 0 Å². The van der Waals surface area contributed by atoms with Crippen LogP contribution >= 0.6 is 23.2 Å². The Labute approximate surface area is 133 Å². The summed E-state index contributed by atoms with van der Waals surface area (Å²) in [5.41, 5.74) is 2.32. The van der Waals surface area contributed by atoms with E-state index < -0.39 is 6.10 Å². The van der Waals surface area contributed by atoms with Crippen LogP contribution in [0.4, 0.5) is 0 Å². The van der Waals surface area contributed by atoms with Crippen molar-refractivity contribution in [3.63, 3.8) is 0 Å². The highest BCUT2D eigenvalue weighted by atomic mass is 35.5. The van der Waals surface area contributed by atoms with Crippen molar-refractivity contribution < 1.29 is 5.11 Å². The maximum Gasteiger partial charge on any atom is 0.0991 e. The number of benzene rings is 2. The normalized spacial score (nSPS) is 11.9. The molecule has 2 aromatic carbocycles. The van der Waals surface area contributed by atoms with Crippen molar-refractivity contribution in [2.75, 3.05) is 6.54 Å². The van der Waals surface area contributed by atoms with Crippen LogP contribution in [0.15, 0.2) is 42.5 Å². The monoisotopic (exact) mass is 320 g/mol. The van der Waals surface area contributed by atoms with Gasteiger partial charge in [0.05, 0.1) is 17.7 Å². The molecule has 0 bridgehead atoms.